The zero-order chi connectivity index (χ0) is 10.1. The van der Waals surface area contributed by atoms with Gasteiger partial charge >= 0.3 is 0 Å². The summed E-state index contributed by atoms with van der Waals surface area (Å²) in [6.07, 6.45) is 1.34. The van der Waals surface area contributed by atoms with Crippen molar-refractivity contribution >= 4 is 17.3 Å². The number of hydrogen-bond acceptors (Lipinski definition) is 2. The molecule has 0 amide bonds. The van der Waals surface area contributed by atoms with Gasteiger partial charge in [-0.1, -0.05) is 13.8 Å². The van der Waals surface area contributed by atoms with E-state index < -0.39 is 0 Å². The molecule has 0 aromatic heterocycles. The minimum absolute atomic E-state index is 0.138. The summed E-state index contributed by atoms with van der Waals surface area (Å²) in [7, 11) is 0. The summed E-state index contributed by atoms with van der Waals surface area (Å²) < 4.78 is 5.58. The summed E-state index contributed by atoms with van der Waals surface area (Å²) in [5.41, 5.74) is 5.56. The van der Waals surface area contributed by atoms with Crippen molar-refractivity contribution in [2.75, 3.05) is 6.61 Å². The Morgan fingerprint density at radius 1 is 1.69 bits per heavy atom. The highest BCUT2D eigenvalue weighted by atomic mass is 32.1. The Labute approximate surface area is 85.0 Å². The van der Waals surface area contributed by atoms with E-state index in [0.29, 0.717) is 17.3 Å². The van der Waals surface area contributed by atoms with Crippen LogP contribution in [0.1, 0.15) is 27.2 Å². The molecule has 3 N–H and O–H groups in total. The second-order valence-electron chi connectivity index (χ2n) is 4.06. The van der Waals surface area contributed by atoms with Gasteiger partial charge in [0.1, 0.15) is 0 Å². The van der Waals surface area contributed by atoms with Crippen molar-refractivity contribution in [1.29, 1.82) is 0 Å². The van der Waals surface area contributed by atoms with Crippen molar-refractivity contribution in [2.45, 2.75) is 39.3 Å². The lowest BCUT2D eigenvalue weighted by atomic mass is 9.64. The predicted molar refractivity (Wildman–Crippen MR) is 57.5 cm³/mol. The topological polar surface area (TPSA) is 47.3 Å². The van der Waals surface area contributed by atoms with Gasteiger partial charge < -0.3 is 15.8 Å². The highest BCUT2D eigenvalue weighted by Crippen LogP contribution is 2.42. The Kier molecular flexibility index (Phi) is 3.14. The molecule has 0 heterocycles. The maximum Gasteiger partial charge on any atom is 0.163 e. The Morgan fingerprint density at radius 3 is 2.69 bits per heavy atom. The van der Waals surface area contributed by atoms with Gasteiger partial charge in [0, 0.05) is 18.1 Å². The van der Waals surface area contributed by atoms with Gasteiger partial charge in [-0.3, -0.25) is 0 Å². The van der Waals surface area contributed by atoms with Gasteiger partial charge in [-0.15, -0.1) is 0 Å². The zero-order valence-corrected chi connectivity index (χ0v) is 9.28. The average Bonchev–Trinajstić information content (AvgIpc) is 2.02. The highest BCUT2D eigenvalue weighted by molar-refractivity contribution is 7.80. The largest absolute Gasteiger partial charge is 0.378 e. The van der Waals surface area contributed by atoms with Gasteiger partial charge in [-0.2, -0.15) is 0 Å². The van der Waals surface area contributed by atoms with E-state index in [0.717, 1.165) is 13.0 Å². The number of nitrogens with one attached hydrogen (secondary N) is 1. The van der Waals surface area contributed by atoms with Crippen LogP contribution in [0.5, 0.6) is 0 Å². The first-order valence-electron chi connectivity index (χ1n) is 4.66. The van der Waals surface area contributed by atoms with Crippen molar-refractivity contribution in [1.82, 2.24) is 5.32 Å². The normalized spacial score (nSPS) is 30.7. The third-order valence-corrected chi connectivity index (χ3v) is 2.98. The molecule has 76 valence electrons. The van der Waals surface area contributed by atoms with Crippen molar-refractivity contribution in [3.8, 4) is 0 Å². The fourth-order valence-electron chi connectivity index (χ4n) is 1.79. The third kappa shape index (κ3) is 2.11. The first-order chi connectivity index (χ1) is 5.98. The molecular weight excluding hydrogens is 184 g/mol. The van der Waals surface area contributed by atoms with Gasteiger partial charge in [-0.05, 0) is 25.6 Å². The second kappa shape index (κ2) is 3.80. The average molecular weight is 202 g/mol. The van der Waals surface area contributed by atoms with Crippen molar-refractivity contribution in [3.63, 3.8) is 0 Å². The summed E-state index contributed by atoms with van der Waals surface area (Å²) >= 11 is 4.80. The molecule has 0 aromatic carbocycles. The number of ether oxygens (including phenoxy) is 1. The SMILES string of the molecule is CCOC1CC(NC(N)=S)C1(C)C. The van der Waals surface area contributed by atoms with Crippen molar-refractivity contribution in [3.05, 3.63) is 0 Å². The zero-order valence-electron chi connectivity index (χ0n) is 8.46. The van der Waals surface area contributed by atoms with E-state index in [1.165, 1.54) is 0 Å². The van der Waals surface area contributed by atoms with Crippen LogP contribution >= 0.6 is 12.2 Å². The Balaban J connectivity index is 2.44. The van der Waals surface area contributed by atoms with Crippen LogP contribution in [0.4, 0.5) is 0 Å². The number of hydrogen-bond donors (Lipinski definition) is 2. The number of nitrogens with two attached hydrogens (primary N) is 1. The minimum Gasteiger partial charge on any atom is -0.378 e. The standard InChI is InChI=1S/C9H18N2OS/c1-4-12-7-5-6(9(7,2)3)11-8(10)13/h6-7H,4-5H2,1-3H3,(H3,10,11,13). The summed E-state index contributed by atoms with van der Waals surface area (Å²) in [6.45, 7) is 7.14. The maximum atomic E-state index is 5.58. The lowest BCUT2D eigenvalue weighted by molar-refractivity contribution is -0.109. The lowest BCUT2D eigenvalue weighted by Crippen LogP contribution is -2.62. The molecule has 3 nitrogen and oxygen atoms in total. The molecule has 0 saturated heterocycles. The lowest BCUT2D eigenvalue weighted by Gasteiger charge is -2.51. The van der Waals surface area contributed by atoms with Crippen LogP contribution in [-0.4, -0.2) is 23.9 Å². The van der Waals surface area contributed by atoms with Gasteiger partial charge in [-0.25, -0.2) is 0 Å². The molecule has 1 aliphatic carbocycles. The van der Waals surface area contributed by atoms with Crippen molar-refractivity contribution < 1.29 is 4.74 Å². The molecule has 0 spiro atoms. The van der Waals surface area contributed by atoms with E-state index in [1.807, 2.05) is 6.92 Å². The van der Waals surface area contributed by atoms with E-state index in [4.69, 9.17) is 22.7 Å². The summed E-state index contributed by atoms with van der Waals surface area (Å²) in [6, 6.07) is 0.363. The molecule has 0 bridgehead atoms. The fourth-order valence-corrected chi connectivity index (χ4v) is 1.93. The summed E-state index contributed by atoms with van der Waals surface area (Å²) in [5.74, 6) is 0. The van der Waals surface area contributed by atoms with Crippen LogP contribution < -0.4 is 11.1 Å². The molecule has 1 rings (SSSR count). The Morgan fingerprint density at radius 2 is 2.31 bits per heavy atom. The van der Waals surface area contributed by atoms with Gasteiger partial charge in [0.15, 0.2) is 5.11 Å². The van der Waals surface area contributed by atoms with Crippen LogP contribution in [0, 0.1) is 5.41 Å². The van der Waals surface area contributed by atoms with Crippen LogP contribution in [-0.2, 0) is 4.74 Å². The van der Waals surface area contributed by atoms with E-state index in [1.54, 1.807) is 0 Å². The van der Waals surface area contributed by atoms with E-state index in [2.05, 4.69) is 19.2 Å². The van der Waals surface area contributed by atoms with Crippen LogP contribution in [0.15, 0.2) is 0 Å². The van der Waals surface area contributed by atoms with Crippen LogP contribution in [0.2, 0.25) is 0 Å². The summed E-state index contributed by atoms with van der Waals surface area (Å²) in [4.78, 5) is 0. The molecule has 1 aliphatic rings. The van der Waals surface area contributed by atoms with E-state index in [-0.39, 0.29) is 5.41 Å². The van der Waals surface area contributed by atoms with Gasteiger partial charge in [0.25, 0.3) is 0 Å². The molecule has 2 atom stereocenters. The molecule has 0 radical (unpaired) electrons. The summed E-state index contributed by atoms with van der Waals surface area (Å²) in [5, 5.41) is 3.47. The second-order valence-corrected chi connectivity index (χ2v) is 4.50. The molecule has 1 fully saturated rings. The molecule has 1 saturated carbocycles. The fraction of sp³-hybridized carbons (Fsp3) is 0.889. The van der Waals surface area contributed by atoms with Crippen LogP contribution in [0.25, 0.3) is 0 Å². The monoisotopic (exact) mass is 202 g/mol. The molecule has 0 aromatic rings. The minimum atomic E-state index is 0.138. The first kappa shape index (κ1) is 10.7. The quantitative estimate of drug-likeness (QED) is 0.671. The number of thiocarbonyl (C=S) groups is 1. The maximum absolute atomic E-state index is 5.58. The smallest absolute Gasteiger partial charge is 0.163 e. The Bertz CT molecular complexity index is 206. The van der Waals surface area contributed by atoms with Crippen LogP contribution in [0.3, 0.4) is 0 Å². The van der Waals surface area contributed by atoms with Gasteiger partial charge in [0.2, 0.25) is 0 Å². The first-order valence-corrected chi connectivity index (χ1v) is 5.07. The van der Waals surface area contributed by atoms with E-state index in [9.17, 15) is 0 Å². The van der Waals surface area contributed by atoms with Gasteiger partial charge in [0.05, 0.1) is 6.10 Å². The van der Waals surface area contributed by atoms with Crippen molar-refractivity contribution in [2.24, 2.45) is 11.1 Å². The predicted octanol–water partition coefficient (Wildman–Crippen LogP) is 1.02. The molecule has 4 heteroatoms. The van der Waals surface area contributed by atoms with E-state index >= 15 is 0 Å². The third-order valence-electron chi connectivity index (χ3n) is 2.86. The molecule has 2 unspecified atom stereocenters. The Hall–Kier alpha value is -0.350. The molecular formula is C9H18N2OS. The molecule has 13 heavy (non-hydrogen) atoms. The highest BCUT2D eigenvalue weighted by Gasteiger charge is 2.48. The number of rotatable bonds is 3. The molecule has 0 aliphatic heterocycles.